The van der Waals surface area contributed by atoms with Gasteiger partial charge in [0.15, 0.2) is 0 Å². The predicted molar refractivity (Wildman–Crippen MR) is 122 cm³/mol. The van der Waals surface area contributed by atoms with Crippen LogP contribution in [0.25, 0.3) is 5.57 Å². The Kier molecular flexibility index (Phi) is 6.74. The van der Waals surface area contributed by atoms with Crippen molar-refractivity contribution in [2.75, 3.05) is 25.6 Å². The average molecular weight is 437 g/mol. The molecular weight excluding hydrogens is 410 g/mol. The van der Waals surface area contributed by atoms with Gasteiger partial charge < -0.3 is 10.1 Å². The largest absolute Gasteiger partial charge is 0.385 e. The van der Waals surface area contributed by atoms with Crippen molar-refractivity contribution in [2.45, 2.75) is 32.6 Å². The number of nitrogens with zero attached hydrogens (tertiary/aromatic N) is 2. The summed E-state index contributed by atoms with van der Waals surface area (Å²) in [6.07, 6.45) is 0.509. The fourth-order valence-electron chi connectivity index (χ4n) is 3.48. The number of non-ortho nitro benzene ring substituents is 1. The van der Waals surface area contributed by atoms with Crippen LogP contribution in [0.1, 0.15) is 38.3 Å². The van der Waals surface area contributed by atoms with Gasteiger partial charge in [-0.2, -0.15) is 0 Å². The van der Waals surface area contributed by atoms with E-state index in [0.29, 0.717) is 24.3 Å². The third kappa shape index (κ3) is 4.86. The van der Waals surface area contributed by atoms with E-state index < -0.39 is 16.7 Å². The maximum Gasteiger partial charge on any atom is 0.278 e. The van der Waals surface area contributed by atoms with Crippen molar-refractivity contribution in [3.63, 3.8) is 0 Å². The number of amides is 2. The molecule has 168 valence electrons. The van der Waals surface area contributed by atoms with Crippen LogP contribution in [0.15, 0.2) is 54.2 Å². The highest BCUT2D eigenvalue weighted by atomic mass is 16.6. The first-order valence-corrected chi connectivity index (χ1v) is 10.4. The van der Waals surface area contributed by atoms with Crippen LogP contribution in [0.4, 0.5) is 11.4 Å². The molecule has 1 N–H and O–H groups in total. The molecule has 3 rings (SSSR count). The van der Waals surface area contributed by atoms with Gasteiger partial charge in [-0.15, -0.1) is 0 Å². The van der Waals surface area contributed by atoms with E-state index in [0.717, 1.165) is 5.56 Å². The van der Waals surface area contributed by atoms with Crippen molar-refractivity contribution in [1.82, 2.24) is 4.90 Å². The molecule has 0 aromatic heterocycles. The Balaban J connectivity index is 1.98. The van der Waals surface area contributed by atoms with Crippen LogP contribution in [0.3, 0.4) is 0 Å². The Morgan fingerprint density at radius 1 is 1.00 bits per heavy atom. The Morgan fingerprint density at radius 2 is 1.62 bits per heavy atom. The summed E-state index contributed by atoms with van der Waals surface area (Å²) < 4.78 is 5.04. The van der Waals surface area contributed by atoms with E-state index in [1.165, 1.54) is 29.2 Å². The molecule has 32 heavy (non-hydrogen) atoms. The molecule has 0 radical (unpaired) electrons. The number of rotatable bonds is 8. The summed E-state index contributed by atoms with van der Waals surface area (Å²) in [4.78, 5) is 38.0. The van der Waals surface area contributed by atoms with Gasteiger partial charge in [0.2, 0.25) is 0 Å². The zero-order valence-corrected chi connectivity index (χ0v) is 18.7. The highest BCUT2D eigenvalue weighted by Gasteiger charge is 2.39. The molecule has 2 aromatic rings. The topological polar surface area (TPSA) is 102 Å². The third-order valence-corrected chi connectivity index (χ3v) is 5.29. The van der Waals surface area contributed by atoms with Crippen LogP contribution in [-0.2, 0) is 19.7 Å². The lowest BCUT2D eigenvalue weighted by atomic mass is 9.87. The monoisotopic (exact) mass is 437 g/mol. The maximum atomic E-state index is 13.1. The number of carbonyl (C=O) groups excluding carboxylic acids is 2. The van der Waals surface area contributed by atoms with Gasteiger partial charge in [0.1, 0.15) is 5.70 Å². The van der Waals surface area contributed by atoms with E-state index in [1.54, 1.807) is 7.11 Å². The number of nitro groups is 1. The van der Waals surface area contributed by atoms with E-state index in [-0.39, 0.29) is 28.9 Å². The number of imide groups is 1. The minimum absolute atomic E-state index is 0.0149. The molecule has 0 bridgehead atoms. The van der Waals surface area contributed by atoms with Crippen molar-refractivity contribution < 1.29 is 19.2 Å². The summed E-state index contributed by atoms with van der Waals surface area (Å²) >= 11 is 0. The number of carbonyl (C=O) groups is 2. The lowest BCUT2D eigenvalue weighted by Crippen LogP contribution is -2.33. The second kappa shape index (κ2) is 9.32. The summed E-state index contributed by atoms with van der Waals surface area (Å²) in [5.74, 6) is -0.867. The molecule has 8 nitrogen and oxygen atoms in total. The summed E-state index contributed by atoms with van der Waals surface area (Å²) in [7, 11) is 1.56. The van der Waals surface area contributed by atoms with Gasteiger partial charge in [0.25, 0.3) is 17.5 Å². The number of hydrogen-bond donors (Lipinski definition) is 1. The van der Waals surface area contributed by atoms with E-state index in [4.69, 9.17) is 4.74 Å². The van der Waals surface area contributed by atoms with E-state index >= 15 is 0 Å². The van der Waals surface area contributed by atoms with Gasteiger partial charge in [-0.3, -0.25) is 24.6 Å². The van der Waals surface area contributed by atoms with Crippen LogP contribution in [0, 0.1) is 10.1 Å². The van der Waals surface area contributed by atoms with E-state index in [1.807, 2.05) is 24.3 Å². The molecule has 0 spiro atoms. The Morgan fingerprint density at radius 3 is 2.16 bits per heavy atom. The Hall–Kier alpha value is -3.52. The number of nitro benzene ring substituents is 1. The van der Waals surface area contributed by atoms with Gasteiger partial charge in [0.05, 0.1) is 10.5 Å². The molecule has 1 heterocycles. The Bertz CT molecular complexity index is 1050. The predicted octanol–water partition coefficient (Wildman–Crippen LogP) is 4.12. The number of hydrogen-bond acceptors (Lipinski definition) is 6. The number of methoxy groups -OCH3 is 1. The highest BCUT2D eigenvalue weighted by molar-refractivity contribution is 6.36. The van der Waals surface area contributed by atoms with Crippen LogP contribution in [0.2, 0.25) is 0 Å². The normalized spacial score (nSPS) is 14.3. The number of benzene rings is 2. The minimum atomic E-state index is -0.507. The quantitative estimate of drug-likeness (QED) is 0.288. The number of anilines is 1. The SMILES string of the molecule is COCCCN1C(=O)C(Nc2ccc(C(C)(C)C)cc2)=C(c2ccc([N+](=O)[O-])cc2)C1=O. The molecule has 1 aliphatic heterocycles. The molecule has 0 fully saturated rings. The molecule has 0 unspecified atom stereocenters. The highest BCUT2D eigenvalue weighted by Crippen LogP contribution is 2.32. The molecule has 0 atom stereocenters. The molecule has 0 saturated carbocycles. The van der Waals surface area contributed by atoms with Gasteiger partial charge in [0, 0.05) is 38.1 Å². The third-order valence-electron chi connectivity index (χ3n) is 5.29. The number of ether oxygens (including phenoxy) is 1. The first kappa shape index (κ1) is 23.1. The summed E-state index contributed by atoms with van der Waals surface area (Å²) in [6.45, 7) is 6.97. The second-order valence-corrected chi connectivity index (χ2v) is 8.61. The maximum absolute atomic E-state index is 13.1. The van der Waals surface area contributed by atoms with Crippen molar-refractivity contribution in [1.29, 1.82) is 0 Å². The van der Waals surface area contributed by atoms with Crippen LogP contribution < -0.4 is 5.32 Å². The molecule has 0 saturated heterocycles. The standard InChI is InChI=1S/C24H27N3O5/c1-24(2,3)17-8-10-18(11-9-17)25-21-20(16-6-12-19(13-7-16)27(30)31)22(28)26(23(21)29)14-5-15-32-4/h6-13,25H,5,14-15H2,1-4H3. The van der Waals surface area contributed by atoms with Crippen LogP contribution in [0.5, 0.6) is 0 Å². The van der Waals surface area contributed by atoms with Crippen molar-refractivity contribution in [3.8, 4) is 0 Å². The van der Waals surface area contributed by atoms with E-state index in [2.05, 4.69) is 26.1 Å². The van der Waals surface area contributed by atoms with Crippen LogP contribution in [-0.4, -0.2) is 41.9 Å². The first-order chi connectivity index (χ1) is 15.1. The molecule has 2 aromatic carbocycles. The summed E-state index contributed by atoms with van der Waals surface area (Å²) in [5, 5.41) is 14.1. The summed E-state index contributed by atoms with van der Waals surface area (Å²) in [6, 6.07) is 13.3. The van der Waals surface area contributed by atoms with Crippen molar-refractivity contribution in [3.05, 3.63) is 75.5 Å². The zero-order valence-electron chi connectivity index (χ0n) is 18.7. The van der Waals surface area contributed by atoms with Crippen LogP contribution >= 0.6 is 0 Å². The molecule has 1 aliphatic rings. The average Bonchev–Trinajstić information content (AvgIpc) is 2.98. The fourth-order valence-corrected chi connectivity index (χ4v) is 3.48. The van der Waals surface area contributed by atoms with Gasteiger partial charge in [-0.25, -0.2) is 0 Å². The van der Waals surface area contributed by atoms with Gasteiger partial charge in [-0.1, -0.05) is 32.9 Å². The second-order valence-electron chi connectivity index (χ2n) is 8.61. The van der Waals surface area contributed by atoms with Crippen molar-refractivity contribution >= 4 is 28.8 Å². The minimum Gasteiger partial charge on any atom is -0.385 e. The smallest absolute Gasteiger partial charge is 0.278 e. The molecular formula is C24H27N3O5. The zero-order chi connectivity index (χ0) is 23.5. The number of nitrogens with one attached hydrogen (secondary N) is 1. The lowest BCUT2D eigenvalue weighted by molar-refractivity contribution is -0.384. The van der Waals surface area contributed by atoms with Gasteiger partial charge in [-0.05, 0) is 47.2 Å². The molecule has 8 heteroatoms. The Labute approximate surface area is 187 Å². The van der Waals surface area contributed by atoms with E-state index in [9.17, 15) is 19.7 Å². The van der Waals surface area contributed by atoms with Crippen molar-refractivity contribution in [2.24, 2.45) is 0 Å². The molecule has 2 amide bonds. The fraction of sp³-hybridized carbons (Fsp3) is 0.333. The molecule has 0 aliphatic carbocycles. The summed E-state index contributed by atoms with van der Waals surface area (Å²) in [5.41, 5.74) is 2.51. The van der Waals surface area contributed by atoms with Gasteiger partial charge >= 0.3 is 0 Å². The lowest BCUT2D eigenvalue weighted by Gasteiger charge is -2.19. The first-order valence-electron chi connectivity index (χ1n) is 10.4.